The predicted molar refractivity (Wildman–Crippen MR) is 122 cm³/mol. The van der Waals surface area contributed by atoms with E-state index >= 15 is 0 Å². The smallest absolute Gasteiger partial charge is 0.217 e. The number of hydrogen-bond donors (Lipinski definition) is 1. The Hall–Kier alpha value is -2.11. The van der Waals surface area contributed by atoms with E-state index in [1.165, 1.54) is 29.2 Å². The Morgan fingerprint density at radius 1 is 1.10 bits per heavy atom. The number of likely N-dealkylation sites (tertiary alicyclic amines) is 1. The Morgan fingerprint density at radius 2 is 1.87 bits per heavy atom. The number of nitrogens with one attached hydrogen (secondary N) is 1. The van der Waals surface area contributed by atoms with Crippen LogP contribution in [-0.2, 0) is 16.1 Å². The molecule has 166 valence electrons. The van der Waals surface area contributed by atoms with E-state index in [2.05, 4.69) is 46.6 Å². The molecule has 0 spiro atoms. The lowest BCUT2D eigenvalue weighted by atomic mass is 9.77. The van der Waals surface area contributed by atoms with Crippen molar-refractivity contribution < 1.29 is 14.3 Å². The van der Waals surface area contributed by atoms with Gasteiger partial charge in [-0.15, -0.1) is 0 Å². The van der Waals surface area contributed by atoms with E-state index in [0.717, 1.165) is 50.8 Å². The summed E-state index contributed by atoms with van der Waals surface area (Å²) in [6.45, 7) is 5.54. The SMILES string of the molecule is COc1ccc2ccccc2c1CN1C[C@H]2C[C@@H](NC(C)=O)[C@H](OCC3CC3)C[C@H]2C1. The minimum atomic E-state index is 0.0545. The lowest BCUT2D eigenvalue weighted by molar-refractivity contribution is -0.122. The molecule has 0 bridgehead atoms. The molecule has 1 N–H and O–H groups in total. The maximum atomic E-state index is 11.8. The summed E-state index contributed by atoms with van der Waals surface area (Å²) in [4.78, 5) is 14.4. The zero-order valence-corrected chi connectivity index (χ0v) is 18.7. The molecule has 31 heavy (non-hydrogen) atoms. The van der Waals surface area contributed by atoms with Gasteiger partial charge in [-0.25, -0.2) is 0 Å². The summed E-state index contributed by atoms with van der Waals surface area (Å²) in [5.41, 5.74) is 1.28. The number of hydrogen-bond acceptors (Lipinski definition) is 4. The van der Waals surface area contributed by atoms with Gasteiger partial charge >= 0.3 is 0 Å². The number of carbonyl (C=O) groups is 1. The largest absolute Gasteiger partial charge is 0.496 e. The third-order valence-corrected chi connectivity index (χ3v) is 7.42. The molecule has 1 saturated heterocycles. The van der Waals surface area contributed by atoms with Crippen molar-refractivity contribution in [2.45, 2.75) is 51.3 Å². The number of amides is 1. The van der Waals surface area contributed by atoms with Crippen molar-refractivity contribution in [3.63, 3.8) is 0 Å². The molecular weight excluding hydrogens is 388 g/mol. The number of fused-ring (bicyclic) bond motifs is 2. The Labute approximate surface area is 185 Å². The summed E-state index contributed by atoms with van der Waals surface area (Å²) >= 11 is 0. The Bertz CT molecular complexity index is 941. The van der Waals surface area contributed by atoms with Gasteiger partial charge in [-0.3, -0.25) is 9.69 Å². The number of rotatable bonds is 7. The Balaban J connectivity index is 1.31. The molecule has 2 aliphatic carbocycles. The molecule has 0 unspecified atom stereocenters. The highest BCUT2D eigenvalue weighted by molar-refractivity contribution is 5.87. The lowest BCUT2D eigenvalue weighted by Crippen LogP contribution is -2.50. The molecule has 4 atom stereocenters. The van der Waals surface area contributed by atoms with Crippen LogP contribution in [0.3, 0.4) is 0 Å². The van der Waals surface area contributed by atoms with Crippen LogP contribution < -0.4 is 10.1 Å². The minimum absolute atomic E-state index is 0.0545. The van der Waals surface area contributed by atoms with Crippen LogP contribution in [0.5, 0.6) is 5.75 Å². The highest BCUT2D eigenvalue weighted by Crippen LogP contribution is 2.40. The highest BCUT2D eigenvalue weighted by atomic mass is 16.5. The quantitative estimate of drug-likeness (QED) is 0.733. The second-order valence-corrected chi connectivity index (χ2v) is 9.78. The van der Waals surface area contributed by atoms with Gasteiger partial charge in [0.2, 0.25) is 5.91 Å². The molecule has 5 nitrogen and oxygen atoms in total. The Kier molecular flexibility index (Phi) is 5.89. The van der Waals surface area contributed by atoms with Crippen molar-refractivity contribution in [2.75, 3.05) is 26.8 Å². The van der Waals surface area contributed by atoms with E-state index in [4.69, 9.17) is 9.47 Å². The average Bonchev–Trinajstić information content (AvgIpc) is 3.51. The number of carbonyl (C=O) groups excluding carboxylic acids is 1. The van der Waals surface area contributed by atoms with Crippen LogP contribution in [0, 0.1) is 17.8 Å². The second-order valence-electron chi connectivity index (χ2n) is 9.78. The van der Waals surface area contributed by atoms with Crippen molar-refractivity contribution in [3.05, 3.63) is 42.0 Å². The normalized spacial score (nSPS) is 28.5. The zero-order valence-electron chi connectivity index (χ0n) is 18.7. The van der Waals surface area contributed by atoms with E-state index in [9.17, 15) is 4.79 Å². The molecule has 0 radical (unpaired) electrons. The van der Waals surface area contributed by atoms with Crippen LogP contribution in [0.1, 0.15) is 38.2 Å². The van der Waals surface area contributed by atoms with Gasteiger partial charge in [-0.2, -0.15) is 0 Å². The summed E-state index contributed by atoms with van der Waals surface area (Å²) in [7, 11) is 1.76. The molecule has 3 aliphatic rings. The van der Waals surface area contributed by atoms with Gasteiger partial charge in [0.05, 0.1) is 19.3 Å². The van der Waals surface area contributed by atoms with Crippen LogP contribution in [0.4, 0.5) is 0 Å². The molecular formula is C26H34N2O3. The van der Waals surface area contributed by atoms with E-state index in [1.807, 2.05) is 0 Å². The molecule has 2 aromatic rings. The second kappa shape index (κ2) is 8.79. The first-order chi connectivity index (χ1) is 15.1. The first-order valence-electron chi connectivity index (χ1n) is 11.8. The fourth-order valence-corrected chi connectivity index (χ4v) is 5.67. The van der Waals surface area contributed by atoms with Crippen molar-refractivity contribution in [1.82, 2.24) is 10.2 Å². The topological polar surface area (TPSA) is 50.8 Å². The molecule has 5 rings (SSSR count). The third kappa shape index (κ3) is 4.58. The molecule has 3 fully saturated rings. The van der Waals surface area contributed by atoms with E-state index in [1.54, 1.807) is 14.0 Å². The first-order valence-corrected chi connectivity index (χ1v) is 11.8. The molecule has 1 heterocycles. The summed E-state index contributed by atoms with van der Waals surface area (Å²) < 4.78 is 12.0. The summed E-state index contributed by atoms with van der Waals surface area (Å²) in [6.07, 6.45) is 4.81. The monoisotopic (exact) mass is 422 g/mol. The fraction of sp³-hybridized carbons (Fsp3) is 0.577. The van der Waals surface area contributed by atoms with Gasteiger partial charge in [0.25, 0.3) is 0 Å². The first kappa shape index (κ1) is 20.8. The van der Waals surface area contributed by atoms with Crippen LogP contribution in [0.25, 0.3) is 10.8 Å². The van der Waals surface area contributed by atoms with E-state index < -0.39 is 0 Å². The fourth-order valence-electron chi connectivity index (χ4n) is 5.67. The number of benzene rings is 2. The van der Waals surface area contributed by atoms with Crippen molar-refractivity contribution in [1.29, 1.82) is 0 Å². The van der Waals surface area contributed by atoms with Crippen LogP contribution in [0.15, 0.2) is 36.4 Å². The zero-order chi connectivity index (χ0) is 21.4. The van der Waals surface area contributed by atoms with Gasteiger partial charge in [-0.05, 0) is 60.3 Å². The summed E-state index contributed by atoms with van der Waals surface area (Å²) in [5.74, 6) is 3.01. The standard InChI is InChI=1S/C26H34N2O3/c1-17(29)27-24-11-20-13-28(14-21(20)12-26(24)31-16-18-7-8-18)15-23-22-6-4-3-5-19(22)9-10-25(23)30-2/h3-6,9-10,18,20-21,24,26H,7-8,11-16H2,1-2H3,(H,27,29)/t20-,21+,24-,26-/m1/s1. The van der Waals surface area contributed by atoms with Crippen LogP contribution in [0.2, 0.25) is 0 Å². The maximum absolute atomic E-state index is 11.8. The predicted octanol–water partition coefficient (Wildman–Crippen LogP) is 3.99. The average molecular weight is 423 g/mol. The minimum Gasteiger partial charge on any atom is -0.496 e. The van der Waals surface area contributed by atoms with Gasteiger partial charge in [0.15, 0.2) is 0 Å². The summed E-state index contributed by atoms with van der Waals surface area (Å²) in [5, 5.41) is 5.73. The third-order valence-electron chi connectivity index (χ3n) is 7.42. The van der Waals surface area contributed by atoms with Crippen molar-refractivity contribution >= 4 is 16.7 Å². The maximum Gasteiger partial charge on any atom is 0.217 e. The van der Waals surface area contributed by atoms with E-state index in [0.29, 0.717) is 11.8 Å². The Morgan fingerprint density at radius 3 is 2.61 bits per heavy atom. The molecule has 5 heteroatoms. The molecule has 0 aromatic heterocycles. The van der Waals surface area contributed by atoms with Crippen LogP contribution in [-0.4, -0.2) is 49.8 Å². The molecule has 1 aliphatic heterocycles. The lowest BCUT2D eigenvalue weighted by Gasteiger charge is -2.38. The summed E-state index contributed by atoms with van der Waals surface area (Å²) in [6, 6.07) is 12.9. The van der Waals surface area contributed by atoms with Crippen molar-refractivity contribution in [3.8, 4) is 5.75 Å². The van der Waals surface area contributed by atoms with Crippen LogP contribution >= 0.6 is 0 Å². The van der Waals surface area contributed by atoms with E-state index in [-0.39, 0.29) is 18.1 Å². The van der Waals surface area contributed by atoms with Gasteiger partial charge in [-0.1, -0.05) is 30.3 Å². The van der Waals surface area contributed by atoms with Gasteiger partial charge in [0, 0.05) is 38.7 Å². The molecule has 2 aromatic carbocycles. The van der Waals surface area contributed by atoms with Crippen molar-refractivity contribution in [2.24, 2.45) is 17.8 Å². The van der Waals surface area contributed by atoms with Gasteiger partial charge < -0.3 is 14.8 Å². The number of ether oxygens (including phenoxy) is 2. The molecule has 1 amide bonds. The number of methoxy groups -OCH3 is 1. The highest BCUT2D eigenvalue weighted by Gasteiger charge is 2.43. The number of nitrogens with zero attached hydrogens (tertiary/aromatic N) is 1. The molecule has 2 saturated carbocycles. The van der Waals surface area contributed by atoms with Gasteiger partial charge in [0.1, 0.15) is 5.75 Å².